The smallest absolute Gasteiger partial charge is 0.258 e. The Hall–Kier alpha value is -2.49. The topological polar surface area (TPSA) is 42.3 Å². The van der Waals surface area contributed by atoms with Crippen LogP contribution in [0.4, 0.5) is 0 Å². The first-order valence-electron chi connectivity index (χ1n) is 13.1. The van der Waals surface area contributed by atoms with Gasteiger partial charge in [-0.25, -0.2) is 0 Å². The highest BCUT2D eigenvalue weighted by Crippen LogP contribution is 2.45. The van der Waals surface area contributed by atoms with Gasteiger partial charge in [-0.05, 0) is 84.7 Å². The molecule has 0 bridgehead atoms. The number of aromatic hydroxyl groups is 1. The number of aryl methyl sites for hydroxylation is 2. The second kappa shape index (κ2) is 8.70. The van der Waals surface area contributed by atoms with Crippen molar-refractivity contribution in [3.8, 4) is 11.5 Å². The Kier molecular flexibility index (Phi) is 5.55. The van der Waals surface area contributed by atoms with E-state index < -0.39 is 0 Å². The molecule has 4 aliphatic rings. The number of ether oxygens (including phenoxy) is 2. The number of carbonyl (C=O) groups excluding carboxylic acids is 1. The molecular formula is C29H36NO3+. The molecule has 2 unspecified atom stereocenters. The van der Waals surface area contributed by atoms with Gasteiger partial charge in [-0.3, -0.25) is 4.79 Å². The SMILES string of the molecule is CCC(=O)N(CCC1CCc2ccc3c(c21)CCO3)CCC1CCc2ccc3c(c21)CC[OH+]3. The molecule has 33 heavy (non-hydrogen) atoms. The molecule has 0 saturated carbocycles. The Morgan fingerprint density at radius 1 is 0.939 bits per heavy atom. The largest absolute Gasteiger partial charge is 0.582 e. The van der Waals surface area contributed by atoms with E-state index in [0.717, 1.165) is 57.7 Å². The summed E-state index contributed by atoms with van der Waals surface area (Å²) in [6.07, 6.45) is 9.69. The molecule has 2 aromatic rings. The van der Waals surface area contributed by atoms with Crippen LogP contribution in [0.1, 0.15) is 84.2 Å². The van der Waals surface area contributed by atoms with Gasteiger partial charge in [0.15, 0.2) is 6.61 Å². The fourth-order valence-electron chi connectivity index (χ4n) is 6.94. The Morgan fingerprint density at radius 3 is 2.36 bits per heavy atom. The highest BCUT2D eigenvalue weighted by molar-refractivity contribution is 5.75. The van der Waals surface area contributed by atoms with E-state index in [-0.39, 0.29) is 0 Å². The molecule has 0 spiro atoms. The van der Waals surface area contributed by atoms with Crippen LogP contribution in [-0.4, -0.2) is 41.8 Å². The van der Waals surface area contributed by atoms with E-state index in [9.17, 15) is 4.79 Å². The third kappa shape index (κ3) is 3.72. The Balaban J connectivity index is 1.14. The van der Waals surface area contributed by atoms with Crippen LogP contribution < -0.4 is 4.74 Å². The minimum atomic E-state index is 0.307. The molecule has 0 saturated heterocycles. The highest BCUT2D eigenvalue weighted by atomic mass is 16.5. The lowest BCUT2D eigenvalue weighted by molar-refractivity contribution is -0.131. The van der Waals surface area contributed by atoms with E-state index in [1.165, 1.54) is 53.7 Å². The number of carbonyl (C=O) groups is 1. The fraction of sp³-hybridized carbons (Fsp3) is 0.552. The maximum atomic E-state index is 12.9. The van der Waals surface area contributed by atoms with Crippen LogP contribution in [-0.2, 0) is 30.5 Å². The normalized spacial score (nSPS) is 21.7. The van der Waals surface area contributed by atoms with E-state index in [2.05, 4.69) is 29.2 Å². The Morgan fingerprint density at radius 2 is 1.64 bits per heavy atom. The van der Waals surface area contributed by atoms with E-state index >= 15 is 0 Å². The predicted molar refractivity (Wildman–Crippen MR) is 131 cm³/mol. The molecule has 0 radical (unpaired) electrons. The van der Waals surface area contributed by atoms with Crippen molar-refractivity contribution in [2.75, 3.05) is 26.3 Å². The van der Waals surface area contributed by atoms with Crippen LogP contribution in [0, 0.1) is 0 Å². The average Bonchev–Trinajstić information content (AvgIpc) is 3.62. The first kappa shape index (κ1) is 21.1. The molecule has 1 N–H and O–H groups in total. The van der Waals surface area contributed by atoms with Gasteiger partial charge >= 0.3 is 0 Å². The van der Waals surface area contributed by atoms with Crippen molar-refractivity contribution in [2.45, 2.75) is 76.5 Å². The number of aliphatic hydroxyl groups is 1. The first-order chi connectivity index (χ1) is 16.2. The van der Waals surface area contributed by atoms with Crippen molar-refractivity contribution in [1.82, 2.24) is 4.90 Å². The Labute approximate surface area is 197 Å². The van der Waals surface area contributed by atoms with E-state index in [1.807, 2.05) is 6.92 Å². The molecule has 0 aromatic heterocycles. The standard InChI is InChI=1S/C29H35NO3/c1-2-27(31)30(15-11-21-5-3-19-7-9-25-23(28(19)21)13-17-32-25)16-12-22-6-4-20-8-10-26-24(29(20)22)14-18-33-26/h7-10,21-22H,2-6,11-18H2,1H3/p+1. The number of benzene rings is 2. The zero-order chi connectivity index (χ0) is 22.4. The van der Waals surface area contributed by atoms with Crippen LogP contribution in [0.2, 0.25) is 0 Å². The van der Waals surface area contributed by atoms with Crippen LogP contribution >= 0.6 is 0 Å². The third-order valence-electron chi connectivity index (χ3n) is 8.57. The second-order valence-electron chi connectivity index (χ2n) is 10.3. The minimum Gasteiger partial charge on any atom is -0.582 e. The van der Waals surface area contributed by atoms with E-state index in [0.29, 0.717) is 24.2 Å². The van der Waals surface area contributed by atoms with Gasteiger partial charge in [-0.1, -0.05) is 13.0 Å². The van der Waals surface area contributed by atoms with Crippen molar-refractivity contribution >= 4 is 5.91 Å². The van der Waals surface area contributed by atoms with Crippen molar-refractivity contribution in [3.63, 3.8) is 0 Å². The molecule has 4 heteroatoms. The summed E-state index contributed by atoms with van der Waals surface area (Å²) < 4.78 is 10.5. The molecule has 0 fully saturated rings. The summed E-state index contributed by atoms with van der Waals surface area (Å²) in [6.45, 7) is 5.52. The predicted octanol–water partition coefficient (Wildman–Crippen LogP) is 5.20. The molecule has 2 atom stereocenters. The monoisotopic (exact) mass is 446 g/mol. The first-order valence-corrected chi connectivity index (χ1v) is 13.1. The number of fused-ring (bicyclic) bond motifs is 6. The summed E-state index contributed by atoms with van der Waals surface area (Å²) in [6, 6.07) is 8.96. The zero-order valence-electron chi connectivity index (χ0n) is 19.9. The average molecular weight is 447 g/mol. The summed E-state index contributed by atoms with van der Waals surface area (Å²) in [4.78, 5) is 15.0. The Bertz CT molecular complexity index is 998. The van der Waals surface area contributed by atoms with Crippen molar-refractivity contribution in [1.29, 1.82) is 0 Å². The van der Waals surface area contributed by atoms with Gasteiger partial charge in [-0.15, -0.1) is 0 Å². The molecule has 2 heterocycles. The van der Waals surface area contributed by atoms with Gasteiger partial charge in [-0.2, -0.15) is 0 Å². The minimum absolute atomic E-state index is 0.307. The van der Waals surface area contributed by atoms with Crippen LogP contribution in [0.3, 0.4) is 0 Å². The van der Waals surface area contributed by atoms with Crippen molar-refractivity contribution < 1.29 is 14.3 Å². The second-order valence-corrected chi connectivity index (χ2v) is 10.3. The lowest BCUT2D eigenvalue weighted by Crippen LogP contribution is -2.33. The van der Waals surface area contributed by atoms with Gasteiger partial charge in [0.1, 0.15) is 5.75 Å². The third-order valence-corrected chi connectivity index (χ3v) is 8.57. The molecule has 2 aromatic carbocycles. The van der Waals surface area contributed by atoms with Gasteiger partial charge in [0.25, 0.3) is 5.75 Å². The lowest BCUT2D eigenvalue weighted by atomic mass is 9.91. The summed E-state index contributed by atoms with van der Waals surface area (Å²) in [5.41, 5.74) is 9.13. The summed E-state index contributed by atoms with van der Waals surface area (Å²) in [5.74, 6) is 3.78. The summed E-state index contributed by atoms with van der Waals surface area (Å²) >= 11 is 0. The molecule has 4 nitrogen and oxygen atoms in total. The fourth-order valence-corrected chi connectivity index (χ4v) is 6.94. The van der Waals surface area contributed by atoms with Gasteiger partial charge in [0, 0.05) is 37.6 Å². The molecule has 1 amide bonds. The molecule has 2 aliphatic heterocycles. The zero-order valence-corrected chi connectivity index (χ0v) is 19.9. The van der Waals surface area contributed by atoms with Gasteiger partial charge in [0.2, 0.25) is 5.91 Å². The number of rotatable bonds is 7. The molecule has 6 rings (SSSR count). The number of hydrogen-bond acceptors (Lipinski definition) is 2. The lowest BCUT2D eigenvalue weighted by Gasteiger charge is -2.26. The van der Waals surface area contributed by atoms with Crippen LogP contribution in [0.15, 0.2) is 24.3 Å². The van der Waals surface area contributed by atoms with E-state index in [1.54, 1.807) is 11.1 Å². The summed E-state index contributed by atoms with van der Waals surface area (Å²) in [5, 5.41) is 0. The maximum Gasteiger partial charge on any atom is 0.258 e. The van der Waals surface area contributed by atoms with Gasteiger partial charge < -0.3 is 14.4 Å². The van der Waals surface area contributed by atoms with Gasteiger partial charge in [0.05, 0.1) is 18.6 Å². The van der Waals surface area contributed by atoms with Crippen LogP contribution in [0.25, 0.3) is 0 Å². The highest BCUT2D eigenvalue weighted by Gasteiger charge is 2.33. The quantitative estimate of drug-likeness (QED) is 0.549. The number of hydrogen-bond donors (Lipinski definition) is 0. The maximum absolute atomic E-state index is 12.9. The van der Waals surface area contributed by atoms with Crippen molar-refractivity contribution in [3.05, 3.63) is 57.6 Å². The number of nitrogens with zero attached hydrogens (tertiary/aromatic N) is 1. The van der Waals surface area contributed by atoms with E-state index in [4.69, 9.17) is 9.47 Å². The molecule has 2 aliphatic carbocycles. The summed E-state index contributed by atoms with van der Waals surface area (Å²) in [7, 11) is 0. The molecule has 174 valence electrons. The van der Waals surface area contributed by atoms with Crippen molar-refractivity contribution in [2.24, 2.45) is 0 Å². The number of amides is 1. The van der Waals surface area contributed by atoms with Crippen LogP contribution in [0.5, 0.6) is 11.5 Å². The molecular weight excluding hydrogens is 410 g/mol.